The van der Waals surface area contributed by atoms with E-state index in [-0.39, 0.29) is 32.1 Å². The molecule has 162 valence electrons. The summed E-state index contributed by atoms with van der Waals surface area (Å²) >= 11 is 5.92. The number of esters is 1. The van der Waals surface area contributed by atoms with Crippen molar-refractivity contribution in [3.63, 3.8) is 0 Å². The number of hydrogen-bond donors (Lipinski definition) is 0. The van der Waals surface area contributed by atoms with Crippen molar-refractivity contribution in [3.8, 4) is 5.75 Å². The van der Waals surface area contributed by atoms with Crippen LogP contribution in [0.1, 0.15) is 25.0 Å². The lowest BCUT2D eigenvalue weighted by molar-refractivity contribution is -0.148. The molecular weight excluding hydrogens is 406 g/mol. The van der Waals surface area contributed by atoms with Crippen molar-refractivity contribution in [2.24, 2.45) is 0 Å². The van der Waals surface area contributed by atoms with Gasteiger partial charge in [0.05, 0.1) is 13.2 Å². The Hall–Kier alpha value is -2.73. The summed E-state index contributed by atoms with van der Waals surface area (Å²) in [7, 11) is 0. The van der Waals surface area contributed by atoms with E-state index in [9.17, 15) is 9.59 Å². The summed E-state index contributed by atoms with van der Waals surface area (Å²) < 4.78 is 16.1. The summed E-state index contributed by atoms with van der Waals surface area (Å²) in [6, 6.07) is 15.9. The molecule has 2 rings (SSSR count). The largest absolute Gasteiger partial charge is 0.494 e. The van der Waals surface area contributed by atoms with Gasteiger partial charge in [-0.2, -0.15) is 0 Å². The van der Waals surface area contributed by atoms with Gasteiger partial charge in [-0.05, 0) is 37.1 Å². The molecule has 0 fully saturated rings. The van der Waals surface area contributed by atoms with E-state index in [1.165, 1.54) is 4.90 Å². The van der Waals surface area contributed by atoms with Crippen molar-refractivity contribution < 1.29 is 23.8 Å². The quantitative estimate of drug-likeness (QED) is 0.387. The molecule has 0 heterocycles. The maximum absolute atomic E-state index is 12.8. The predicted molar refractivity (Wildman–Crippen MR) is 116 cm³/mol. The number of rotatable bonds is 11. The van der Waals surface area contributed by atoms with Gasteiger partial charge >= 0.3 is 12.1 Å². The number of alkyl halides is 1. The Morgan fingerprint density at radius 2 is 1.63 bits per heavy atom. The van der Waals surface area contributed by atoms with Crippen molar-refractivity contribution in [1.29, 1.82) is 0 Å². The monoisotopic (exact) mass is 433 g/mol. The number of carbonyl (C=O) groups is 2. The lowest BCUT2D eigenvalue weighted by Crippen LogP contribution is -2.48. The minimum absolute atomic E-state index is 0.108. The summed E-state index contributed by atoms with van der Waals surface area (Å²) in [4.78, 5) is 26.8. The first-order chi connectivity index (χ1) is 14.6. The van der Waals surface area contributed by atoms with E-state index in [4.69, 9.17) is 25.8 Å². The van der Waals surface area contributed by atoms with Crippen LogP contribution in [0.4, 0.5) is 4.79 Å². The molecule has 0 unspecified atom stereocenters. The number of amides is 1. The molecule has 7 heteroatoms. The zero-order valence-electron chi connectivity index (χ0n) is 17.4. The zero-order chi connectivity index (χ0) is 21.8. The molecule has 0 aliphatic carbocycles. The Morgan fingerprint density at radius 1 is 0.933 bits per heavy atom. The summed E-state index contributed by atoms with van der Waals surface area (Å²) in [5, 5.41) is 0. The molecule has 1 atom stereocenters. The van der Waals surface area contributed by atoms with Crippen LogP contribution >= 0.6 is 11.6 Å². The summed E-state index contributed by atoms with van der Waals surface area (Å²) in [6.07, 6.45) is -0.328. The topological polar surface area (TPSA) is 65.1 Å². The van der Waals surface area contributed by atoms with Gasteiger partial charge in [0.25, 0.3) is 0 Å². The van der Waals surface area contributed by atoms with Crippen LogP contribution in [0.25, 0.3) is 0 Å². The lowest BCUT2D eigenvalue weighted by atomic mass is 10.0. The Labute approximate surface area is 182 Å². The Kier molecular flexibility index (Phi) is 10.0. The second-order valence-electron chi connectivity index (χ2n) is 6.47. The molecule has 0 N–H and O–H groups in total. The third kappa shape index (κ3) is 7.26. The van der Waals surface area contributed by atoms with E-state index >= 15 is 0 Å². The second-order valence-corrected chi connectivity index (χ2v) is 6.85. The molecule has 0 saturated carbocycles. The number of carbonyl (C=O) groups excluding carboxylic acids is 2. The van der Waals surface area contributed by atoms with E-state index in [1.807, 2.05) is 61.5 Å². The van der Waals surface area contributed by atoms with Crippen molar-refractivity contribution >= 4 is 23.7 Å². The van der Waals surface area contributed by atoms with E-state index in [0.29, 0.717) is 6.61 Å². The molecule has 0 radical (unpaired) electrons. The second kappa shape index (κ2) is 12.8. The molecule has 6 nitrogen and oxygen atoms in total. The van der Waals surface area contributed by atoms with E-state index in [0.717, 1.165) is 16.9 Å². The van der Waals surface area contributed by atoms with Crippen LogP contribution in [0.3, 0.4) is 0 Å². The lowest BCUT2D eigenvalue weighted by Gasteiger charge is -2.29. The van der Waals surface area contributed by atoms with Gasteiger partial charge in [0.15, 0.2) is 0 Å². The average Bonchev–Trinajstić information content (AvgIpc) is 2.76. The van der Waals surface area contributed by atoms with E-state index in [1.54, 1.807) is 6.92 Å². The van der Waals surface area contributed by atoms with Gasteiger partial charge in [0.1, 0.15) is 18.4 Å². The average molecular weight is 434 g/mol. The normalized spacial score (nSPS) is 11.4. The van der Waals surface area contributed by atoms with Crippen LogP contribution in [0.2, 0.25) is 0 Å². The van der Waals surface area contributed by atoms with Crippen LogP contribution in [0.15, 0.2) is 54.6 Å². The number of benzene rings is 2. The molecule has 2 aromatic carbocycles. The number of ether oxygens (including phenoxy) is 3. The molecule has 2 aromatic rings. The molecule has 30 heavy (non-hydrogen) atoms. The van der Waals surface area contributed by atoms with E-state index in [2.05, 4.69) is 0 Å². The van der Waals surface area contributed by atoms with Crippen molar-refractivity contribution in [2.45, 2.75) is 32.9 Å². The van der Waals surface area contributed by atoms with Crippen molar-refractivity contribution in [1.82, 2.24) is 4.90 Å². The Balaban J connectivity index is 2.16. The van der Waals surface area contributed by atoms with Gasteiger partial charge in [-0.3, -0.25) is 4.90 Å². The maximum atomic E-state index is 12.8. The number of halogens is 1. The fourth-order valence-corrected chi connectivity index (χ4v) is 3.12. The molecule has 1 amide bonds. The standard InChI is InChI=1S/C23H28ClNO5/c1-3-28-20-12-10-18(11-13-20)16-21(22(26)29-4-2)25(15-14-24)23(27)30-17-19-8-6-5-7-9-19/h5-13,21H,3-4,14-17H2,1-2H3/t21-/m0/s1. The molecule has 0 aromatic heterocycles. The minimum atomic E-state index is -0.843. The summed E-state index contributed by atoms with van der Waals surface area (Å²) in [5.41, 5.74) is 1.72. The van der Waals surface area contributed by atoms with Crippen molar-refractivity contribution in [2.75, 3.05) is 25.6 Å². The number of nitrogens with zero attached hydrogens (tertiary/aromatic N) is 1. The number of hydrogen-bond acceptors (Lipinski definition) is 5. The first-order valence-corrected chi connectivity index (χ1v) is 10.5. The van der Waals surface area contributed by atoms with Crippen molar-refractivity contribution in [3.05, 3.63) is 65.7 Å². The first-order valence-electron chi connectivity index (χ1n) is 10.0. The highest BCUT2D eigenvalue weighted by Gasteiger charge is 2.32. The van der Waals surface area contributed by atoms with Crippen LogP contribution in [0, 0.1) is 0 Å². The van der Waals surface area contributed by atoms with Gasteiger partial charge in [-0.25, -0.2) is 9.59 Å². The highest BCUT2D eigenvalue weighted by Crippen LogP contribution is 2.17. The molecule has 0 aliphatic heterocycles. The van der Waals surface area contributed by atoms with Gasteiger partial charge in [-0.15, -0.1) is 11.6 Å². The molecule has 0 spiro atoms. The highest BCUT2D eigenvalue weighted by molar-refractivity contribution is 6.18. The molecule has 0 bridgehead atoms. The van der Waals surface area contributed by atoms with Crippen LogP contribution in [0.5, 0.6) is 5.75 Å². The highest BCUT2D eigenvalue weighted by atomic mass is 35.5. The maximum Gasteiger partial charge on any atom is 0.410 e. The minimum Gasteiger partial charge on any atom is -0.494 e. The molecule has 0 aliphatic rings. The Morgan fingerprint density at radius 3 is 2.23 bits per heavy atom. The zero-order valence-corrected chi connectivity index (χ0v) is 18.1. The van der Waals surface area contributed by atoms with E-state index < -0.39 is 18.1 Å². The molecular formula is C23H28ClNO5. The van der Waals surface area contributed by atoms with Crippen LogP contribution in [-0.4, -0.2) is 48.6 Å². The van der Waals surface area contributed by atoms with Gasteiger partial charge in [0.2, 0.25) is 0 Å². The summed E-state index contributed by atoms with van der Waals surface area (Å²) in [6.45, 7) is 4.70. The van der Waals surface area contributed by atoms with Crippen LogP contribution in [-0.2, 0) is 27.3 Å². The SMILES string of the molecule is CCOC(=O)[C@H](Cc1ccc(OCC)cc1)N(CCCl)C(=O)OCc1ccccc1. The predicted octanol–water partition coefficient (Wildman–Crippen LogP) is 4.44. The van der Waals surface area contributed by atoms with Gasteiger partial charge in [-0.1, -0.05) is 42.5 Å². The summed E-state index contributed by atoms with van der Waals surface area (Å²) in [5.74, 6) is 0.418. The third-order valence-electron chi connectivity index (χ3n) is 4.36. The fraction of sp³-hybridized carbons (Fsp3) is 0.391. The Bertz CT molecular complexity index is 782. The fourth-order valence-electron chi connectivity index (χ4n) is 2.94. The van der Waals surface area contributed by atoms with Gasteiger partial charge < -0.3 is 14.2 Å². The smallest absolute Gasteiger partial charge is 0.410 e. The van der Waals surface area contributed by atoms with Gasteiger partial charge in [0, 0.05) is 18.8 Å². The molecule has 0 saturated heterocycles. The third-order valence-corrected chi connectivity index (χ3v) is 4.53. The van der Waals surface area contributed by atoms with Crippen LogP contribution < -0.4 is 4.74 Å². The first kappa shape index (κ1) is 23.5.